The summed E-state index contributed by atoms with van der Waals surface area (Å²) in [6.45, 7) is 0.786. The van der Waals surface area contributed by atoms with Gasteiger partial charge in [0.05, 0.1) is 6.54 Å². The molecule has 0 atom stereocenters. The van der Waals surface area contributed by atoms with Crippen molar-refractivity contribution in [3.05, 3.63) is 29.0 Å². The molecule has 0 saturated carbocycles. The van der Waals surface area contributed by atoms with Crippen molar-refractivity contribution in [3.63, 3.8) is 0 Å². The lowest BCUT2D eigenvalue weighted by Gasteiger charge is -2.03. The molecule has 0 radical (unpaired) electrons. The molecule has 2 aromatic heterocycles. The summed E-state index contributed by atoms with van der Waals surface area (Å²) in [4.78, 5) is 8.35. The Bertz CT molecular complexity index is 365. The molecule has 0 bridgehead atoms. The van der Waals surface area contributed by atoms with Gasteiger partial charge >= 0.3 is 0 Å². The van der Waals surface area contributed by atoms with Crippen LogP contribution in [0, 0.1) is 0 Å². The molecular weight excluding hydrogens is 184 g/mol. The Morgan fingerprint density at radius 3 is 3.08 bits per heavy atom. The third-order valence-electron chi connectivity index (χ3n) is 1.73. The largest absolute Gasteiger partial charge is 0.359 e. The van der Waals surface area contributed by atoms with Crippen molar-refractivity contribution in [3.8, 4) is 0 Å². The SMILES string of the molecule is CNc1nccn1Cc1nccs1. The van der Waals surface area contributed by atoms with Gasteiger partial charge in [-0.15, -0.1) is 11.3 Å². The zero-order valence-corrected chi connectivity index (χ0v) is 8.08. The van der Waals surface area contributed by atoms with Gasteiger partial charge in [0.25, 0.3) is 0 Å². The van der Waals surface area contributed by atoms with E-state index >= 15 is 0 Å². The normalized spacial score (nSPS) is 10.2. The van der Waals surface area contributed by atoms with E-state index in [0.717, 1.165) is 17.5 Å². The second-order valence-electron chi connectivity index (χ2n) is 2.55. The first-order valence-electron chi connectivity index (χ1n) is 3.97. The lowest BCUT2D eigenvalue weighted by atomic mass is 10.6. The maximum absolute atomic E-state index is 4.21. The van der Waals surface area contributed by atoms with Crippen LogP contribution < -0.4 is 5.32 Å². The molecule has 0 amide bonds. The second kappa shape index (κ2) is 3.57. The van der Waals surface area contributed by atoms with Crippen LogP contribution in [0.15, 0.2) is 24.0 Å². The van der Waals surface area contributed by atoms with E-state index in [4.69, 9.17) is 0 Å². The molecule has 0 aliphatic carbocycles. The van der Waals surface area contributed by atoms with Crippen LogP contribution in [-0.2, 0) is 6.54 Å². The molecule has 13 heavy (non-hydrogen) atoms. The van der Waals surface area contributed by atoms with E-state index in [1.807, 2.05) is 29.4 Å². The highest BCUT2D eigenvalue weighted by atomic mass is 32.1. The van der Waals surface area contributed by atoms with Gasteiger partial charge in [-0.05, 0) is 0 Å². The van der Waals surface area contributed by atoms with Gasteiger partial charge in [-0.3, -0.25) is 0 Å². The standard InChI is InChI=1S/C8H10N4S/c1-9-8-11-2-4-12(8)6-7-10-3-5-13-7/h2-5H,6H2,1H3,(H,9,11). The highest BCUT2D eigenvalue weighted by Gasteiger charge is 2.01. The number of imidazole rings is 1. The highest BCUT2D eigenvalue weighted by Crippen LogP contribution is 2.10. The molecule has 2 rings (SSSR count). The van der Waals surface area contributed by atoms with E-state index in [2.05, 4.69) is 15.3 Å². The Hall–Kier alpha value is -1.36. The van der Waals surface area contributed by atoms with Crippen LogP contribution >= 0.6 is 11.3 Å². The van der Waals surface area contributed by atoms with E-state index in [9.17, 15) is 0 Å². The fraction of sp³-hybridized carbons (Fsp3) is 0.250. The van der Waals surface area contributed by atoms with Crippen LogP contribution in [0.5, 0.6) is 0 Å². The second-order valence-corrected chi connectivity index (χ2v) is 3.53. The average molecular weight is 194 g/mol. The molecular formula is C8H10N4S. The van der Waals surface area contributed by atoms with Gasteiger partial charge in [-0.1, -0.05) is 0 Å². The first-order valence-corrected chi connectivity index (χ1v) is 4.85. The fourth-order valence-corrected chi connectivity index (χ4v) is 1.76. The topological polar surface area (TPSA) is 42.7 Å². The molecule has 0 aliphatic heterocycles. The van der Waals surface area contributed by atoms with Crippen LogP contribution in [0.25, 0.3) is 0 Å². The van der Waals surface area contributed by atoms with Crippen molar-refractivity contribution in [2.45, 2.75) is 6.54 Å². The maximum Gasteiger partial charge on any atom is 0.202 e. The van der Waals surface area contributed by atoms with Gasteiger partial charge in [0.2, 0.25) is 5.95 Å². The van der Waals surface area contributed by atoms with E-state index in [-0.39, 0.29) is 0 Å². The van der Waals surface area contributed by atoms with E-state index in [1.165, 1.54) is 0 Å². The number of aromatic nitrogens is 3. The van der Waals surface area contributed by atoms with E-state index in [1.54, 1.807) is 17.5 Å². The van der Waals surface area contributed by atoms with Crippen LogP contribution in [-0.4, -0.2) is 21.6 Å². The number of nitrogens with one attached hydrogen (secondary N) is 1. The summed E-state index contributed by atoms with van der Waals surface area (Å²) in [5.41, 5.74) is 0. The minimum atomic E-state index is 0.786. The van der Waals surface area contributed by atoms with Crippen molar-refractivity contribution in [2.75, 3.05) is 12.4 Å². The Morgan fingerprint density at radius 2 is 2.38 bits per heavy atom. The van der Waals surface area contributed by atoms with Crippen LogP contribution in [0.2, 0.25) is 0 Å². The van der Waals surface area contributed by atoms with Crippen molar-refractivity contribution in [1.82, 2.24) is 14.5 Å². The third-order valence-corrected chi connectivity index (χ3v) is 2.49. The predicted octanol–water partition coefficient (Wildman–Crippen LogP) is 1.43. The molecule has 4 nitrogen and oxygen atoms in total. The zero-order chi connectivity index (χ0) is 9.10. The average Bonchev–Trinajstić information content (AvgIpc) is 2.76. The number of anilines is 1. The molecule has 2 aromatic rings. The molecule has 0 spiro atoms. The number of hydrogen-bond donors (Lipinski definition) is 1. The summed E-state index contributed by atoms with van der Waals surface area (Å²) < 4.78 is 2.03. The maximum atomic E-state index is 4.21. The Labute approximate surface area is 80.3 Å². The Kier molecular flexibility index (Phi) is 2.27. The zero-order valence-electron chi connectivity index (χ0n) is 7.27. The minimum Gasteiger partial charge on any atom is -0.359 e. The summed E-state index contributed by atoms with van der Waals surface area (Å²) >= 11 is 1.65. The van der Waals surface area contributed by atoms with Gasteiger partial charge in [-0.25, -0.2) is 9.97 Å². The van der Waals surface area contributed by atoms with Crippen molar-refractivity contribution >= 4 is 17.3 Å². The summed E-state index contributed by atoms with van der Waals surface area (Å²) in [7, 11) is 1.86. The fourth-order valence-electron chi connectivity index (χ4n) is 1.14. The quantitative estimate of drug-likeness (QED) is 0.803. The Balaban J connectivity index is 2.18. The lowest BCUT2D eigenvalue weighted by Crippen LogP contribution is -2.03. The summed E-state index contributed by atoms with van der Waals surface area (Å²) in [5, 5.41) is 6.09. The van der Waals surface area contributed by atoms with Crippen LogP contribution in [0.3, 0.4) is 0 Å². The molecule has 0 aliphatic rings. The molecule has 2 heterocycles. The van der Waals surface area contributed by atoms with Crippen LogP contribution in [0.1, 0.15) is 5.01 Å². The van der Waals surface area contributed by atoms with Crippen molar-refractivity contribution in [2.24, 2.45) is 0 Å². The lowest BCUT2D eigenvalue weighted by molar-refractivity contribution is 0.798. The number of thiazole rings is 1. The molecule has 0 saturated heterocycles. The van der Waals surface area contributed by atoms with Gasteiger partial charge in [0, 0.05) is 31.0 Å². The minimum absolute atomic E-state index is 0.786. The van der Waals surface area contributed by atoms with E-state index in [0.29, 0.717) is 0 Å². The third kappa shape index (κ3) is 1.70. The summed E-state index contributed by atoms with van der Waals surface area (Å²) in [6, 6.07) is 0. The Morgan fingerprint density at radius 1 is 1.46 bits per heavy atom. The number of nitrogens with zero attached hydrogens (tertiary/aromatic N) is 3. The summed E-state index contributed by atoms with van der Waals surface area (Å²) in [5.74, 6) is 0.871. The number of rotatable bonds is 3. The van der Waals surface area contributed by atoms with Crippen molar-refractivity contribution < 1.29 is 0 Å². The molecule has 68 valence electrons. The number of hydrogen-bond acceptors (Lipinski definition) is 4. The van der Waals surface area contributed by atoms with Gasteiger partial charge < -0.3 is 9.88 Å². The predicted molar refractivity (Wildman–Crippen MR) is 53.0 cm³/mol. The monoisotopic (exact) mass is 194 g/mol. The molecule has 5 heteroatoms. The highest BCUT2D eigenvalue weighted by molar-refractivity contribution is 7.09. The molecule has 0 unspecified atom stereocenters. The molecule has 0 aromatic carbocycles. The van der Waals surface area contributed by atoms with Gasteiger partial charge in [-0.2, -0.15) is 0 Å². The van der Waals surface area contributed by atoms with E-state index < -0.39 is 0 Å². The van der Waals surface area contributed by atoms with Gasteiger partial charge in [0.15, 0.2) is 0 Å². The first-order chi connectivity index (χ1) is 6.40. The smallest absolute Gasteiger partial charge is 0.202 e. The first kappa shape index (κ1) is 8.25. The molecule has 1 N–H and O–H groups in total. The van der Waals surface area contributed by atoms with Gasteiger partial charge in [0.1, 0.15) is 5.01 Å². The molecule has 0 fully saturated rings. The van der Waals surface area contributed by atoms with Crippen molar-refractivity contribution in [1.29, 1.82) is 0 Å². The van der Waals surface area contributed by atoms with Crippen LogP contribution in [0.4, 0.5) is 5.95 Å². The summed E-state index contributed by atoms with van der Waals surface area (Å²) in [6.07, 6.45) is 5.53.